The lowest BCUT2D eigenvalue weighted by molar-refractivity contribution is 0.995. The van der Waals surface area contributed by atoms with Crippen LogP contribution in [-0.4, -0.2) is 38.2 Å². The van der Waals surface area contributed by atoms with Crippen LogP contribution in [0.15, 0.2) is 340 Å². The Morgan fingerprint density at radius 2 is 0.539 bits per heavy atom. The molecule has 0 saturated carbocycles. The van der Waals surface area contributed by atoms with Crippen LogP contribution in [-0.2, 0) is 0 Å². The Morgan fingerprint density at radius 1 is 0.206 bits per heavy atom. The van der Waals surface area contributed by atoms with Crippen molar-refractivity contribution in [2.24, 2.45) is 0 Å². The molecule has 0 atom stereocenters. The fourth-order valence-electron chi connectivity index (χ4n) is 15.8. The van der Waals surface area contributed by atoms with E-state index in [0.717, 1.165) is 89.5 Å². The predicted octanol–water partition coefficient (Wildman–Crippen LogP) is 24.7. The van der Waals surface area contributed by atoms with Gasteiger partial charge < -0.3 is 9.13 Å². The SMILES string of the molecule is c1ccc(-c2cc(-c3ccc4c(c3)sc3ccccc34)nc(-n3c4ccccc4c4ccc5c6ccccc6n(-c6ccccc6)c5c43)n2)cc1.c1ccc(-c2cc(-c3cccc4c3sc3ccccc34)nc(-n3c4ccccc4c4ccc5c6ccccc6n(-c6ccccc6)c5c43)n2)cc1. The lowest BCUT2D eigenvalue weighted by Crippen LogP contribution is -2.05. The highest BCUT2D eigenvalue weighted by Gasteiger charge is 2.27. The van der Waals surface area contributed by atoms with Crippen LogP contribution in [0.3, 0.4) is 0 Å². The summed E-state index contributed by atoms with van der Waals surface area (Å²) in [7, 11) is 0. The summed E-state index contributed by atoms with van der Waals surface area (Å²) in [6, 6.07) is 121. The number of benzene rings is 14. The Kier molecular flexibility index (Phi) is 13.2. The van der Waals surface area contributed by atoms with Gasteiger partial charge in [0.05, 0.1) is 66.9 Å². The minimum Gasteiger partial charge on any atom is -0.307 e. The smallest absolute Gasteiger partial charge is 0.235 e. The Labute approximate surface area is 592 Å². The van der Waals surface area contributed by atoms with Crippen molar-refractivity contribution in [3.8, 4) is 68.3 Å². The number of thiophene rings is 2. The maximum atomic E-state index is 5.50. The van der Waals surface area contributed by atoms with Crippen LogP contribution in [0, 0.1) is 0 Å². The maximum Gasteiger partial charge on any atom is 0.235 e. The fourth-order valence-corrected chi connectivity index (χ4v) is 18.2. The van der Waals surface area contributed by atoms with Gasteiger partial charge in [0.15, 0.2) is 0 Å². The highest BCUT2D eigenvalue weighted by molar-refractivity contribution is 7.26. The minimum atomic E-state index is 0.645. The Balaban J connectivity index is 0.000000133. The Hall–Kier alpha value is -13.1. The summed E-state index contributed by atoms with van der Waals surface area (Å²) in [5, 5.41) is 14.6. The van der Waals surface area contributed by atoms with E-state index >= 15 is 0 Å². The average Bonchev–Trinajstić information content (AvgIpc) is 1.55. The highest BCUT2D eigenvalue weighted by atomic mass is 32.1. The number of hydrogen-bond acceptors (Lipinski definition) is 6. The van der Waals surface area contributed by atoms with E-state index in [1.54, 1.807) is 0 Å². The van der Waals surface area contributed by atoms with Crippen molar-refractivity contribution in [1.29, 1.82) is 0 Å². The number of fused-ring (bicyclic) bond motifs is 20. The van der Waals surface area contributed by atoms with Gasteiger partial charge in [-0.15, -0.1) is 22.7 Å². The molecule has 0 aliphatic carbocycles. The van der Waals surface area contributed by atoms with Gasteiger partial charge in [0.1, 0.15) is 0 Å². The number of para-hydroxylation sites is 6. The molecule has 0 bridgehead atoms. The Bertz CT molecular complexity index is 7120. The summed E-state index contributed by atoms with van der Waals surface area (Å²) in [4.78, 5) is 21.7. The molecule has 22 rings (SSSR count). The first kappa shape index (κ1) is 57.9. The van der Waals surface area contributed by atoms with Crippen LogP contribution >= 0.6 is 22.7 Å². The van der Waals surface area contributed by atoms with Gasteiger partial charge in [0.2, 0.25) is 11.9 Å². The predicted molar refractivity (Wildman–Crippen MR) is 429 cm³/mol. The van der Waals surface area contributed by atoms with E-state index in [2.05, 4.69) is 352 Å². The summed E-state index contributed by atoms with van der Waals surface area (Å²) < 4.78 is 14.4. The molecule has 0 fully saturated rings. The van der Waals surface area contributed by atoms with E-state index in [4.69, 9.17) is 19.9 Å². The third kappa shape index (κ3) is 9.06. The largest absolute Gasteiger partial charge is 0.307 e. The van der Waals surface area contributed by atoms with Gasteiger partial charge in [-0.05, 0) is 78.9 Å². The van der Waals surface area contributed by atoms with Crippen molar-refractivity contribution in [1.82, 2.24) is 38.2 Å². The van der Waals surface area contributed by atoms with E-state index in [9.17, 15) is 0 Å². The number of hydrogen-bond donors (Lipinski definition) is 0. The summed E-state index contributed by atoms with van der Waals surface area (Å²) in [6.45, 7) is 0. The zero-order chi connectivity index (χ0) is 66.9. The van der Waals surface area contributed by atoms with E-state index in [0.29, 0.717) is 11.9 Å². The molecule has 0 amide bonds. The van der Waals surface area contributed by atoms with Gasteiger partial charge in [0.25, 0.3) is 0 Å². The molecule has 8 nitrogen and oxygen atoms in total. The van der Waals surface area contributed by atoms with Gasteiger partial charge >= 0.3 is 0 Å². The summed E-state index contributed by atoms with van der Waals surface area (Å²) >= 11 is 3.65. The maximum absolute atomic E-state index is 5.50. The molecule has 22 aromatic rings. The summed E-state index contributed by atoms with van der Waals surface area (Å²) in [5.41, 5.74) is 19.0. The molecule has 8 heterocycles. The van der Waals surface area contributed by atoms with Crippen molar-refractivity contribution < 1.29 is 0 Å². The van der Waals surface area contributed by atoms with Gasteiger partial charge in [-0.1, -0.05) is 261 Å². The first-order valence-electron chi connectivity index (χ1n) is 34.4. The van der Waals surface area contributed by atoms with Crippen LogP contribution in [0.5, 0.6) is 0 Å². The van der Waals surface area contributed by atoms with Crippen molar-refractivity contribution in [2.45, 2.75) is 0 Å². The van der Waals surface area contributed by atoms with Crippen LogP contribution in [0.25, 0.3) is 196 Å². The van der Waals surface area contributed by atoms with Crippen molar-refractivity contribution in [3.05, 3.63) is 340 Å². The summed E-state index contributed by atoms with van der Waals surface area (Å²) in [5.74, 6) is 1.29. The number of aromatic nitrogens is 8. The molecule has 0 aliphatic rings. The van der Waals surface area contributed by atoms with Crippen LogP contribution < -0.4 is 0 Å². The molecular formula is C92H56N8S2. The fraction of sp³-hybridized carbons (Fsp3) is 0. The normalized spacial score (nSPS) is 11.9. The first-order valence-corrected chi connectivity index (χ1v) is 36.0. The third-order valence-corrected chi connectivity index (χ3v) is 22.6. The van der Waals surface area contributed by atoms with Crippen molar-refractivity contribution in [3.63, 3.8) is 0 Å². The molecule has 14 aromatic carbocycles. The molecule has 0 radical (unpaired) electrons. The van der Waals surface area contributed by atoms with Gasteiger partial charge in [-0.25, -0.2) is 19.9 Å². The second-order valence-electron chi connectivity index (χ2n) is 26.0. The Morgan fingerprint density at radius 3 is 1.02 bits per heavy atom. The molecule has 10 heteroatoms. The zero-order valence-corrected chi connectivity index (χ0v) is 56.4. The molecule has 476 valence electrons. The molecule has 0 aliphatic heterocycles. The monoisotopic (exact) mass is 1340 g/mol. The molecule has 0 unspecified atom stereocenters. The second kappa shape index (κ2) is 23.3. The van der Waals surface area contributed by atoms with Crippen molar-refractivity contribution in [2.75, 3.05) is 0 Å². The second-order valence-corrected chi connectivity index (χ2v) is 28.1. The minimum absolute atomic E-state index is 0.645. The zero-order valence-electron chi connectivity index (χ0n) is 54.7. The molecular weight excluding hydrogens is 1280 g/mol. The van der Waals surface area contributed by atoms with Gasteiger partial charge in [-0.2, -0.15) is 0 Å². The molecule has 0 spiro atoms. The lowest BCUT2D eigenvalue weighted by atomic mass is 10.0. The third-order valence-electron chi connectivity index (χ3n) is 20.3. The standard InChI is InChI=1S/2C46H28N4S/c1-3-14-29(15-4-1)38-28-39(37-22-13-21-36-33-20-9-12-25-42(33)51-45(36)37)48-46(47-38)50-41-24-11-8-19-32(41)35-27-26-34-31-18-7-10-23-40(31)49(43(34)44(35)50)30-16-5-2-6-17-30;1-3-13-29(14-4-1)38-28-39(30-23-24-35-34-19-9-12-22-42(34)51-43(35)27-30)48-46(47-38)50-41-21-11-8-18-33(41)37-26-25-36-32-17-7-10-20-40(32)49(44(36)45(37)50)31-15-5-2-6-16-31/h2*1-28H. The first-order chi connectivity index (χ1) is 50.6. The molecule has 0 saturated heterocycles. The van der Waals surface area contributed by atoms with E-state index in [1.165, 1.54) is 94.5 Å². The number of rotatable bonds is 8. The van der Waals surface area contributed by atoms with Gasteiger partial charge in [0, 0.05) is 117 Å². The molecule has 8 aromatic heterocycles. The van der Waals surface area contributed by atoms with Crippen LogP contribution in [0.2, 0.25) is 0 Å². The van der Waals surface area contributed by atoms with E-state index in [-0.39, 0.29) is 0 Å². The topological polar surface area (TPSA) is 71.3 Å². The van der Waals surface area contributed by atoms with Crippen molar-refractivity contribution >= 4 is 150 Å². The van der Waals surface area contributed by atoms with Crippen LogP contribution in [0.1, 0.15) is 0 Å². The number of nitrogens with zero attached hydrogens (tertiary/aromatic N) is 8. The summed E-state index contributed by atoms with van der Waals surface area (Å²) in [6.07, 6.45) is 0. The van der Waals surface area contributed by atoms with E-state index in [1.807, 2.05) is 28.7 Å². The highest BCUT2D eigenvalue weighted by Crippen LogP contribution is 2.46. The molecule has 0 N–H and O–H groups in total. The lowest BCUT2D eigenvalue weighted by Gasteiger charge is -2.14. The quantitative estimate of drug-likeness (QED) is 0.152. The average molecular weight is 1340 g/mol. The van der Waals surface area contributed by atoms with Gasteiger partial charge in [-0.3, -0.25) is 9.13 Å². The van der Waals surface area contributed by atoms with E-state index < -0.39 is 0 Å². The molecule has 102 heavy (non-hydrogen) atoms. The van der Waals surface area contributed by atoms with Crippen LogP contribution in [0.4, 0.5) is 0 Å².